The van der Waals surface area contributed by atoms with Crippen molar-refractivity contribution in [1.29, 1.82) is 0 Å². The first kappa shape index (κ1) is 15.1. The first-order valence-corrected chi connectivity index (χ1v) is 5.55. The summed E-state index contributed by atoms with van der Waals surface area (Å²) in [6.45, 7) is 0. The predicted octanol–water partition coefficient (Wildman–Crippen LogP) is 4.60. The van der Waals surface area contributed by atoms with Crippen molar-refractivity contribution >= 4 is 6.29 Å². The number of aldehydes is 1. The SMILES string of the molecule is O=Cc1ccc(-c2cc(F)c(F)c(F)c2)cc1C(F)(F)F. The van der Waals surface area contributed by atoms with Gasteiger partial charge in [0.15, 0.2) is 23.7 Å². The number of rotatable bonds is 2. The van der Waals surface area contributed by atoms with E-state index in [4.69, 9.17) is 0 Å². The van der Waals surface area contributed by atoms with Gasteiger partial charge in [0.25, 0.3) is 0 Å². The van der Waals surface area contributed by atoms with Gasteiger partial charge in [-0.15, -0.1) is 0 Å². The van der Waals surface area contributed by atoms with E-state index < -0.39 is 34.8 Å². The summed E-state index contributed by atoms with van der Waals surface area (Å²) in [7, 11) is 0. The molecule has 0 bridgehead atoms. The highest BCUT2D eigenvalue weighted by Gasteiger charge is 2.33. The first-order chi connectivity index (χ1) is 9.74. The number of halogens is 6. The molecule has 0 heterocycles. The topological polar surface area (TPSA) is 17.1 Å². The largest absolute Gasteiger partial charge is 0.417 e. The summed E-state index contributed by atoms with van der Waals surface area (Å²) in [6, 6.07) is 3.70. The third-order valence-electron chi connectivity index (χ3n) is 2.80. The van der Waals surface area contributed by atoms with Crippen LogP contribution in [0.4, 0.5) is 26.3 Å². The molecule has 0 aliphatic heterocycles. The normalized spacial score (nSPS) is 11.5. The highest BCUT2D eigenvalue weighted by atomic mass is 19.4. The Morgan fingerprint density at radius 1 is 0.857 bits per heavy atom. The molecule has 0 amide bonds. The molecule has 2 rings (SSSR count). The zero-order chi connectivity index (χ0) is 15.8. The van der Waals surface area contributed by atoms with Crippen LogP contribution in [0.1, 0.15) is 15.9 Å². The Hall–Kier alpha value is -2.31. The molecule has 0 atom stereocenters. The van der Waals surface area contributed by atoms with Crippen LogP contribution in [0.25, 0.3) is 11.1 Å². The Balaban J connectivity index is 2.63. The minimum atomic E-state index is -4.80. The second kappa shape index (κ2) is 5.23. The standard InChI is InChI=1S/C14H6F6O/c15-11-4-9(5-12(16)13(11)17)7-1-2-8(6-21)10(3-7)14(18,19)20/h1-6H. The lowest BCUT2D eigenvalue weighted by Gasteiger charge is -2.12. The van der Waals surface area contributed by atoms with Crippen LogP contribution in [0, 0.1) is 17.5 Å². The fraction of sp³-hybridized carbons (Fsp3) is 0.0714. The predicted molar refractivity (Wildman–Crippen MR) is 62.1 cm³/mol. The Bertz CT molecular complexity index is 682. The molecule has 21 heavy (non-hydrogen) atoms. The van der Waals surface area contributed by atoms with Gasteiger partial charge in [0.1, 0.15) is 0 Å². The molecule has 0 saturated heterocycles. The van der Waals surface area contributed by atoms with Gasteiger partial charge in [-0.25, -0.2) is 13.2 Å². The van der Waals surface area contributed by atoms with Gasteiger partial charge in [-0.3, -0.25) is 4.79 Å². The molecule has 0 aliphatic carbocycles. The Morgan fingerprint density at radius 3 is 1.90 bits per heavy atom. The van der Waals surface area contributed by atoms with Crippen LogP contribution in [-0.4, -0.2) is 6.29 Å². The van der Waals surface area contributed by atoms with Gasteiger partial charge in [-0.1, -0.05) is 12.1 Å². The molecule has 2 aromatic rings. The summed E-state index contributed by atoms with van der Waals surface area (Å²) in [5.41, 5.74) is -2.30. The van der Waals surface area contributed by atoms with Crippen LogP contribution < -0.4 is 0 Å². The smallest absolute Gasteiger partial charge is 0.298 e. The van der Waals surface area contributed by atoms with Gasteiger partial charge in [-0.2, -0.15) is 13.2 Å². The average molecular weight is 304 g/mol. The number of alkyl halides is 3. The molecule has 0 N–H and O–H groups in total. The van der Waals surface area contributed by atoms with Gasteiger partial charge in [0, 0.05) is 5.56 Å². The van der Waals surface area contributed by atoms with Crippen molar-refractivity contribution in [2.24, 2.45) is 0 Å². The summed E-state index contributed by atoms with van der Waals surface area (Å²) in [5.74, 6) is -4.74. The van der Waals surface area contributed by atoms with E-state index in [9.17, 15) is 31.1 Å². The number of benzene rings is 2. The van der Waals surface area contributed by atoms with Gasteiger partial charge < -0.3 is 0 Å². The molecule has 0 spiro atoms. The van der Waals surface area contributed by atoms with Crippen molar-refractivity contribution in [1.82, 2.24) is 0 Å². The van der Waals surface area contributed by atoms with E-state index in [-0.39, 0.29) is 17.4 Å². The fourth-order valence-corrected chi connectivity index (χ4v) is 1.81. The lowest BCUT2D eigenvalue weighted by Crippen LogP contribution is -2.09. The highest BCUT2D eigenvalue weighted by molar-refractivity contribution is 5.80. The molecular weight excluding hydrogens is 298 g/mol. The Labute approximate surface area is 114 Å². The van der Waals surface area contributed by atoms with Crippen LogP contribution in [0.15, 0.2) is 30.3 Å². The molecular formula is C14H6F6O. The molecule has 0 unspecified atom stereocenters. The molecule has 0 fully saturated rings. The van der Waals surface area contributed by atoms with Crippen molar-refractivity contribution in [3.05, 3.63) is 58.9 Å². The van der Waals surface area contributed by atoms with Gasteiger partial charge in [0.2, 0.25) is 0 Å². The van der Waals surface area contributed by atoms with Crippen molar-refractivity contribution in [2.75, 3.05) is 0 Å². The lowest BCUT2D eigenvalue weighted by atomic mass is 9.99. The number of hydrogen-bond acceptors (Lipinski definition) is 1. The number of carbonyl (C=O) groups excluding carboxylic acids is 1. The van der Waals surface area contributed by atoms with E-state index >= 15 is 0 Å². The van der Waals surface area contributed by atoms with Crippen molar-refractivity contribution in [2.45, 2.75) is 6.18 Å². The minimum Gasteiger partial charge on any atom is -0.298 e. The lowest BCUT2D eigenvalue weighted by molar-refractivity contribution is -0.137. The van der Waals surface area contributed by atoms with E-state index in [1.807, 2.05) is 0 Å². The molecule has 0 radical (unpaired) electrons. The van der Waals surface area contributed by atoms with Gasteiger partial charge in [0.05, 0.1) is 5.56 Å². The van der Waals surface area contributed by atoms with E-state index in [0.717, 1.165) is 12.1 Å². The summed E-state index contributed by atoms with van der Waals surface area (Å²) in [5, 5.41) is 0. The van der Waals surface area contributed by atoms with Gasteiger partial charge in [-0.05, 0) is 29.3 Å². The highest BCUT2D eigenvalue weighted by Crippen LogP contribution is 2.35. The zero-order valence-corrected chi connectivity index (χ0v) is 10.1. The van der Waals surface area contributed by atoms with Crippen molar-refractivity contribution < 1.29 is 31.1 Å². The molecule has 0 aliphatic rings. The van der Waals surface area contributed by atoms with E-state index in [0.29, 0.717) is 18.2 Å². The third-order valence-corrected chi connectivity index (χ3v) is 2.80. The maximum absolute atomic E-state index is 13.1. The fourth-order valence-electron chi connectivity index (χ4n) is 1.81. The third kappa shape index (κ3) is 2.91. The van der Waals surface area contributed by atoms with Crippen LogP contribution in [0.2, 0.25) is 0 Å². The Kier molecular flexibility index (Phi) is 3.76. The molecule has 1 nitrogen and oxygen atoms in total. The molecule has 110 valence electrons. The molecule has 2 aromatic carbocycles. The molecule has 0 saturated carbocycles. The van der Waals surface area contributed by atoms with Crippen molar-refractivity contribution in [3.8, 4) is 11.1 Å². The van der Waals surface area contributed by atoms with Crippen molar-refractivity contribution in [3.63, 3.8) is 0 Å². The minimum absolute atomic E-state index is 0.0262. The second-order valence-electron chi connectivity index (χ2n) is 4.17. The van der Waals surface area contributed by atoms with Crippen LogP contribution in [0.5, 0.6) is 0 Å². The van der Waals surface area contributed by atoms with Crippen LogP contribution in [-0.2, 0) is 6.18 Å². The number of carbonyl (C=O) groups is 1. The summed E-state index contributed by atoms with van der Waals surface area (Å²) in [4.78, 5) is 10.6. The quantitative estimate of drug-likeness (QED) is 0.450. The average Bonchev–Trinajstić information content (AvgIpc) is 2.42. The Morgan fingerprint density at radius 2 is 1.43 bits per heavy atom. The van der Waals surface area contributed by atoms with Crippen LogP contribution >= 0.6 is 0 Å². The maximum atomic E-state index is 13.1. The summed E-state index contributed by atoms with van der Waals surface area (Å²) in [6.07, 6.45) is -4.78. The zero-order valence-electron chi connectivity index (χ0n) is 10.1. The summed E-state index contributed by atoms with van der Waals surface area (Å²) >= 11 is 0. The van der Waals surface area contributed by atoms with E-state index in [1.165, 1.54) is 0 Å². The van der Waals surface area contributed by atoms with Crippen LogP contribution in [0.3, 0.4) is 0 Å². The van der Waals surface area contributed by atoms with E-state index in [2.05, 4.69) is 0 Å². The number of hydrogen-bond donors (Lipinski definition) is 0. The molecule has 0 aromatic heterocycles. The first-order valence-electron chi connectivity index (χ1n) is 5.55. The second-order valence-corrected chi connectivity index (χ2v) is 4.17. The maximum Gasteiger partial charge on any atom is 0.417 e. The van der Waals surface area contributed by atoms with E-state index in [1.54, 1.807) is 0 Å². The molecule has 7 heteroatoms. The monoisotopic (exact) mass is 304 g/mol. The van der Waals surface area contributed by atoms with Gasteiger partial charge >= 0.3 is 6.18 Å². The summed E-state index contributed by atoms with van der Waals surface area (Å²) < 4.78 is 77.4.